The maximum absolute atomic E-state index is 14.7. The van der Waals surface area contributed by atoms with Crippen LogP contribution in [0.3, 0.4) is 0 Å². The van der Waals surface area contributed by atoms with Crippen LogP contribution in [0.15, 0.2) is 101 Å². The molecule has 6 aromatic rings. The smallest absolute Gasteiger partial charge is 0.411 e. The van der Waals surface area contributed by atoms with Gasteiger partial charge in [-0.15, -0.1) is 25.1 Å². The molecule has 0 bridgehead atoms. The molecule has 0 saturated heterocycles. The first-order valence-corrected chi connectivity index (χ1v) is 15.7. The Hall–Kier alpha value is -5.88. The highest BCUT2D eigenvalue weighted by molar-refractivity contribution is 5.64. The van der Waals surface area contributed by atoms with E-state index in [9.17, 15) is 57.9 Å². The van der Waals surface area contributed by atoms with E-state index >= 15 is 0 Å². The number of halogens is 12. The summed E-state index contributed by atoms with van der Waals surface area (Å²) in [6.07, 6.45) is -23.6. The molecule has 0 amide bonds. The third-order valence-corrected chi connectivity index (χ3v) is 9.07. The number of rotatable bonds is 7. The van der Waals surface area contributed by atoms with E-state index in [0.29, 0.717) is 54.1 Å². The number of nitrogens with zero attached hydrogens (tertiary/aromatic N) is 5. The molecule has 55 heavy (non-hydrogen) atoms. The second-order valence-electron chi connectivity index (χ2n) is 12.4. The van der Waals surface area contributed by atoms with Crippen LogP contribution in [0.25, 0.3) is 34.2 Å². The highest BCUT2D eigenvalue weighted by Crippen LogP contribution is 2.58. The molecule has 4 aromatic carbocycles. The molecular formula is C36H23F12N5O2. The monoisotopic (exact) mass is 785 g/mol. The van der Waals surface area contributed by atoms with E-state index in [2.05, 4.69) is 20.4 Å². The normalized spacial score (nSPS) is 13.3. The fraction of sp³-hybridized carbons (Fsp3) is 0.222. The fourth-order valence-electron chi connectivity index (χ4n) is 6.42. The number of benzene rings is 4. The van der Waals surface area contributed by atoms with Crippen LogP contribution in [0.5, 0.6) is 0 Å². The maximum Gasteiger partial charge on any atom is 0.411 e. The lowest BCUT2D eigenvalue weighted by atomic mass is 9.72. The molecule has 1 N–H and O–H groups in total. The molecular weight excluding hydrogens is 762 g/mol. The van der Waals surface area contributed by atoms with Gasteiger partial charge in [0.15, 0.2) is 11.6 Å². The highest BCUT2D eigenvalue weighted by atomic mass is 19.4. The van der Waals surface area contributed by atoms with Gasteiger partial charge in [0.05, 0.1) is 0 Å². The van der Waals surface area contributed by atoms with E-state index in [4.69, 9.17) is 4.42 Å². The van der Waals surface area contributed by atoms with Crippen molar-refractivity contribution in [1.29, 1.82) is 0 Å². The predicted molar refractivity (Wildman–Crippen MR) is 170 cm³/mol. The number of aryl methyl sites for hydroxylation is 2. The van der Waals surface area contributed by atoms with Crippen molar-refractivity contribution in [3.05, 3.63) is 131 Å². The summed E-state index contributed by atoms with van der Waals surface area (Å²) < 4.78 is 181. The summed E-state index contributed by atoms with van der Waals surface area (Å²) in [5.74, 6) is -1.09. The standard InChI is InChI=1S/C36H23F12N5O2/c1-19-3-11-24(12-4-19)31(33(37,38)39,34(40,41)42)25-13-5-21(6-14-25)28-50-51-29(53(28)54)22-7-15-26(16-8-22)32(35(43,44)45,36(46,47)48)27-17-9-23(10-18-27)30-52-49-20(2)55-30/h3-18,54H,1-2H3. The van der Waals surface area contributed by atoms with Gasteiger partial charge in [0.2, 0.25) is 22.6 Å². The van der Waals surface area contributed by atoms with Crippen LogP contribution in [-0.4, -0.2) is 55.0 Å². The topological polar surface area (TPSA) is 89.9 Å². The van der Waals surface area contributed by atoms with Crippen molar-refractivity contribution in [3.8, 4) is 34.2 Å². The lowest BCUT2D eigenvalue weighted by Crippen LogP contribution is -2.54. The van der Waals surface area contributed by atoms with E-state index in [1.807, 2.05) is 0 Å². The average Bonchev–Trinajstić information content (AvgIpc) is 3.70. The Kier molecular flexibility index (Phi) is 9.29. The van der Waals surface area contributed by atoms with Gasteiger partial charge < -0.3 is 9.62 Å². The second-order valence-corrected chi connectivity index (χ2v) is 12.4. The van der Waals surface area contributed by atoms with E-state index in [-0.39, 0.29) is 33.2 Å². The molecule has 288 valence electrons. The molecule has 0 fully saturated rings. The number of hydrogen-bond acceptors (Lipinski definition) is 6. The first-order valence-electron chi connectivity index (χ1n) is 15.7. The second kappa shape index (κ2) is 13.2. The molecule has 6 rings (SSSR count). The van der Waals surface area contributed by atoms with Crippen LogP contribution in [-0.2, 0) is 10.8 Å². The Balaban J connectivity index is 1.37. The molecule has 19 heteroatoms. The molecule has 0 unspecified atom stereocenters. The Bertz CT molecular complexity index is 2260. The van der Waals surface area contributed by atoms with Gasteiger partial charge in [-0.05, 0) is 41.3 Å². The fourth-order valence-corrected chi connectivity index (χ4v) is 6.42. The zero-order valence-corrected chi connectivity index (χ0v) is 27.9. The van der Waals surface area contributed by atoms with Crippen LogP contribution < -0.4 is 0 Å². The van der Waals surface area contributed by atoms with Crippen LogP contribution in [0, 0.1) is 13.8 Å². The predicted octanol–water partition coefficient (Wildman–Crippen LogP) is 10.3. The minimum Gasteiger partial charge on any atom is -0.425 e. The summed E-state index contributed by atoms with van der Waals surface area (Å²) in [6, 6.07) is 12.1. The van der Waals surface area contributed by atoms with E-state index in [1.54, 1.807) is 0 Å². The largest absolute Gasteiger partial charge is 0.425 e. The van der Waals surface area contributed by atoms with Crippen LogP contribution >= 0.6 is 0 Å². The first kappa shape index (κ1) is 38.8. The third kappa shape index (κ3) is 6.24. The SMILES string of the molecule is Cc1ccc(C(c2ccc(-c3nnc(-c4ccc(C(c5ccc(-c6nnc(C)o6)cc5)(C(F)(F)F)C(F)(F)F)cc4)n3O)cc2)(C(F)(F)F)C(F)(F)F)cc1. The number of hydrogen-bond donors (Lipinski definition) is 1. The molecule has 0 atom stereocenters. The lowest BCUT2D eigenvalue weighted by molar-refractivity contribution is -0.290. The molecule has 7 nitrogen and oxygen atoms in total. The minimum atomic E-state index is -5.94. The molecule has 0 radical (unpaired) electrons. The summed E-state index contributed by atoms with van der Waals surface area (Å²) in [5.41, 5.74) is -13.8. The summed E-state index contributed by atoms with van der Waals surface area (Å²) in [6.45, 7) is 2.91. The number of aromatic nitrogens is 5. The lowest BCUT2D eigenvalue weighted by Gasteiger charge is -2.38. The van der Waals surface area contributed by atoms with E-state index in [1.165, 1.54) is 13.8 Å². The maximum atomic E-state index is 14.7. The molecule has 0 aliphatic carbocycles. The summed E-state index contributed by atoms with van der Waals surface area (Å²) in [7, 11) is 0. The van der Waals surface area contributed by atoms with Crippen molar-refractivity contribution in [2.75, 3.05) is 0 Å². The zero-order chi connectivity index (χ0) is 40.4. The van der Waals surface area contributed by atoms with Crippen molar-refractivity contribution in [1.82, 2.24) is 25.1 Å². The van der Waals surface area contributed by atoms with Gasteiger partial charge in [0.25, 0.3) is 0 Å². The first-order chi connectivity index (χ1) is 25.5. The molecule has 0 aliphatic rings. The van der Waals surface area contributed by atoms with Gasteiger partial charge in [0, 0.05) is 23.6 Å². The van der Waals surface area contributed by atoms with Crippen LogP contribution in [0.4, 0.5) is 52.7 Å². The van der Waals surface area contributed by atoms with Crippen LogP contribution in [0.1, 0.15) is 33.7 Å². The molecule has 2 heterocycles. The molecule has 0 saturated carbocycles. The van der Waals surface area contributed by atoms with Gasteiger partial charge in [0.1, 0.15) is 0 Å². The van der Waals surface area contributed by atoms with Gasteiger partial charge in [-0.2, -0.15) is 52.7 Å². The van der Waals surface area contributed by atoms with Crippen molar-refractivity contribution in [2.45, 2.75) is 49.4 Å². The van der Waals surface area contributed by atoms with Crippen LogP contribution in [0.2, 0.25) is 0 Å². The highest BCUT2D eigenvalue weighted by Gasteiger charge is 2.73. The van der Waals surface area contributed by atoms with E-state index in [0.717, 1.165) is 48.5 Å². The van der Waals surface area contributed by atoms with Gasteiger partial charge >= 0.3 is 24.7 Å². The quantitative estimate of drug-likeness (QED) is 0.128. The van der Waals surface area contributed by atoms with Crippen molar-refractivity contribution >= 4 is 0 Å². The van der Waals surface area contributed by atoms with Crippen molar-refractivity contribution < 1.29 is 62.3 Å². The Morgan fingerprint density at radius 1 is 0.436 bits per heavy atom. The molecule has 0 aliphatic heterocycles. The minimum absolute atomic E-state index is 0.0527. The Morgan fingerprint density at radius 3 is 1.04 bits per heavy atom. The van der Waals surface area contributed by atoms with Crippen molar-refractivity contribution in [3.63, 3.8) is 0 Å². The zero-order valence-electron chi connectivity index (χ0n) is 27.9. The van der Waals surface area contributed by atoms with Gasteiger partial charge in [-0.3, -0.25) is 0 Å². The third-order valence-electron chi connectivity index (χ3n) is 9.07. The number of alkyl halides is 12. The summed E-state index contributed by atoms with van der Waals surface area (Å²) in [4.78, 5) is 0. The van der Waals surface area contributed by atoms with E-state index < -0.39 is 69.4 Å². The van der Waals surface area contributed by atoms with Crippen molar-refractivity contribution in [2.24, 2.45) is 0 Å². The van der Waals surface area contributed by atoms with Gasteiger partial charge in [-0.25, -0.2) is 0 Å². The summed E-state index contributed by atoms with van der Waals surface area (Å²) >= 11 is 0. The molecule has 0 spiro atoms. The van der Waals surface area contributed by atoms with Gasteiger partial charge in [-0.1, -0.05) is 90.5 Å². The molecule has 2 aromatic heterocycles. The summed E-state index contributed by atoms with van der Waals surface area (Å²) in [5, 5.41) is 25.5. The average molecular weight is 786 g/mol. The Labute approximate surface area is 301 Å². The Morgan fingerprint density at radius 2 is 0.745 bits per heavy atom.